The quantitative estimate of drug-likeness (QED) is 0.375. The van der Waals surface area contributed by atoms with Gasteiger partial charge in [-0.05, 0) is 16.2 Å². The SMILES string of the molecule is Bc1sccc1C=O. The second-order valence-electron chi connectivity index (χ2n) is 1.55. The Labute approximate surface area is 52.8 Å². The molecule has 0 unspecified atom stereocenters. The number of hydrogen-bond donors (Lipinski definition) is 0. The third-order valence-corrected chi connectivity index (χ3v) is 1.89. The number of rotatable bonds is 1. The summed E-state index contributed by atoms with van der Waals surface area (Å²) in [5.41, 5.74) is 0.815. The van der Waals surface area contributed by atoms with E-state index in [9.17, 15) is 4.79 Å². The molecule has 1 heterocycles. The number of thiophene rings is 1. The first-order valence-electron chi connectivity index (χ1n) is 2.34. The van der Waals surface area contributed by atoms with Crippen LogP contribution < -0.4 is 4.78 Å². The second kappa shape index (κ2) is 2.14. The van der Waals surface area contributed by atoms with Crippen molar-refractivity contribution in [3.63, 3.8) is 0 Å². The number of carbonyl (C=O) groups excluding carboxylic acids is 1. The first-order chi connectivity index (χ1) is 3.84. The molecule has 0 aliphatic heterocycles. The molecule has 0 bridgehead atoms. The molecule has 0 spiro atoms. The van der Waals surface area contributed by atoms with E-state index in [1.54, 1.807) is 11.3 Å². The van der Waals surface area contributed by atoms with Gasteiger partial charge in [0.15, 0.2) is 7.85 Å². The zero-order valence-electron chi connectivity index (χ0n) is 4.55. The van der Waals surface area contributed by atoms with E-state index < -0.39 is 0 Å². The minimum atomic E-state index is 0.815. The summed E-state index contributed by atoms with van der Waals surface area (Å²) in [7, 11) is 1.94. The van der Waals surface area contributed by atoms with E-state index in [2.05, 4.69) is 0 Å². The van der Waals surface area contributed by atoms with Crippen LogP contribution in [0.1, 0.15) is 10.4 Å². The van der Waals surface area contributed by atoms with E-state index >= 15 is 0 Å². The molecule has 1 rings (SSSR count). The van der Waals surface area contributed by atoms with Crippen LogP contribution in [0.5, 0.6) is 0 Å². The number of carbonyl (C=O) groups is 1. The Morgan fingerprint density at radius 1 is 1.75 bits per heavy atom. The van der Waals surface area contributed by atoms with Crippen LogP contribution in [0.4, 0.5) is 0 Å². The third-order valence-electron chi connectivity index (χ3n) is 1.03. The molecular weight excluding hydrogens is 119 g/mol. The maximum atomic E-state index is 10.1. The average Bonchev–Trinajstić information content (AvgIpc) is 2.14. The molecular formula is C5H5BOS. The van der Waals surface area contributed by atoms with Crippen LogP contribution in [0.15, 0.2) is 11.4 Å². The Kier molecular flexibility index (Phi) is 1.49. The van der Waals surface area contributed by atoms with Gasteiger partial charge in [0, 0.05) is 5.56 Å². The van der Waals surface area contributed by atoms with Crippen molar-refractivity contribution in [2.45, 2.75) is 0 Å². The number of hydrogen-bond acceptors (Lipinski definition) is 2. The summed E-state index contributed by atoms with van der Waals surface area (Å²) < 4.78 is 1.10. The van der Waals surface area contributed by atoms with Crippen molar-refractivity contribution in [1.82, 2.24) is 0 Å². The lowest BCUT2D eigenvalue weighted by molar-refractivity contribution is 0.112. The highest BCUT2D eigenvalue weighted by molar-refractivity contribution is 7.18. The molecule has 0 saturated carbocycles. The molecule has 0 aliphatic rings. The van der Waals surface area contributed by atoms with Crippen molar-refractivity contribution >= 4 is 30.2 Å². The summed E-state index contributed by atoms with van der Waals surface area (Å²) in [6.45, 7) is 0. The largest absolute Gasteiger partial charge is 0.298 e. The van der Waals surface area contributed by atoms with E-state index in [4.69, 9.17) is 0 Å². The van der Waals surface area contributed by atoms with E-state index in [1.807, 2.05) is 19.3 Å². The molecule has 0 atom stereocenters. The summed E-state index contributed by atoms with van der Waals surface area (Å²) in [5, 5.41) is 1.92. The summed E-state index contributed by atoms with van der Waals surface area (Å²) in [4.78, 5) is 10.1. The summed E-state index contributed by atoms with van der Waals surface area (Å²) in [5.74, 6) is 0. The van der Waals surface area contributed by atoms with Gasteiger partial charge in [0.05, 0.1) is 0 Å². The Balaban J connectivity index is 3.09. The lowest BCUT2D eigenvalue weighted by Crippen LogP contribution is -2.00. The van der Waals surface area contributed by atoms with Crippen molar-refractivity contribution in [1.29, 1.82) is 0 Å². The monoisotopic (exact) mass is 124 g/mol. The third kappa shape index (κ3) is 0.818. The van der Waals surface area contributed by atoms with Crippen LogP contribution in [0.3, 0.4) is 0 Å². The molecule has 1 aromatic heterocycles. The lowest BCUT2D eigenvalue weighted by Gasteiger charge is -1.79. The van der Waals surface area contributed by atoms with Crippen LogP contribution in [0.2, 0.25) is 0 Å². The van der Waals surface area contributed by atoms with Crippen molar-refractivity contribution in [3.8, 4) is 0 Å². The summed E-state index contributed by atoms with van der Waals surface area (Å²) in [6, 6.07) is 1.83. The van der Waals surface area contributed by atoms with Gasteiger partial charge in [-0.15, -0.1) is 0 Å². The molecule has 0 fully saturated rings. The van der Waals surface area contributed by atoms with Crippen molar-refractivity contribution < 1.29 is 4.79 Å². The highest BCUT2D eigenvalue weighted by Gasteiger charge is 1.93. The van der Waals surface area contributed by atoms with Gasteiger partial charge in [-0.2, -0.15) is 11.3 Å². The maximum Gasteiger partial charge on any atom is 0.153 e. The van der Waals surface area contributed by atoms with E-state index in [0.717, 1.165) is 16.6 Å². The van der Waals surface area contributed by atoms with Crippen molar-refractivity contribution in [2.75, 3.05) is 0 Å². The summed E-state index contributed by atoms with van der Waals surface area (Å²) in [6.07, 6.45) is 0.881. The van der Waals surface area contributed by atoms with Gasteiger partial charge in [-0.3, -0.25) is 4.79 Å². The topological polar surface area (TPSA) is 17.1 Å². The van der Waals surface area contributed by atoms with Gasteiger partial charge in [0.2, 0.25) is 0 Å². The standard InChI is InChI=1S/C5H5BOS/c6-5-4(3-7)1-2-8-5/h1-3H,6H2. The molecule has 0 amide bonds. The van der Waals surface area contributed by atoms with Crippen LogP contribution in [0.25, 0.3) is 0 Å². The molecule has 40 valence electrons. The highest BCUT2D eigenvalue weighted by atomic mass is 32.1. The van der Waals surface area contributed by atoms with Crippen molar-refractivity contribution in [2.24, 2.45) is 0 Å². The van der Waals surface area contributed by atoms with Gasteiger partial charge in [0.25, 0.3) is 0 Å². The fourth-order valence-electron chi connectivity index (χ4n) is 0.517. The van der Waals surface area contributed by atoms with Gasteiger partial charge < -0.3 is 0 Å². The van der Waals surface area contributed by atoms with Gasteiger partial charge in [-0.1, -0.05) is 0 Å². The molecule has 0 N–H and O–H groups in total. The van der Waals surface area contributed by atoms with Crippen LogP contribution in [-0.2, 0) is 0 Å². The molecule has 3 heteroatoms. The average molecular weight is 124 g/mol. The van der Waals surface area contributed by atoms with Gasteiger partial charge in [0.1, 0.15) is 6.29 Å². The maximum absolute atomic E-state index is 10.1. The summed E-state index contributed by atoms with van der Waals surface area (Å²) >= 11 is 1.60. The fraction of sp³-hybridized carbons (Fsp3) is 0. The Morgan fingerprint density at radius 2 is 2.50 bits per heavy atom. The van der Waals surface area contributed by atoms with E-state index in [-0.39, 0.29) is 0 Å². The molecule has 8 heavy (non-hydrogen) atoms. The van der Waals surface area contributed by atoms with Gasteiger partial charge >= 0.3 is 0 Å². The molecule has 0 aromatic carbocycles. The second-order valence-corrected chi connectivity index (χ2v) is 2.67. The normalized spacial score (nSPS) is 9.00. The van der Waals surface area contributed by atoms with E-state index in [0.29, 0.717) is 0 Å². The fourth-order valence-corrected chi connectivity index (χ4v) is 1.19. The predicted octanol–water partition coefficient (Wildman–Crippen LogP) is -0.181. The first kappa shape index (κ1) is 5.57. The first-order valence-corrected chi connectivity index (χ1v) is 3.22. The molecule has 0 radical (unpaired) electrons. The highest BCUT2D eigenvalue weighted by Crippen LogP contribution is 1.96. The lowest BCUT2D eigenvalue weighted by atomic mass is 10.0. The molecule has 0 saturated heterocycles. The van der Waals surface area contributed by atoms with Crippen LogP contribution >= 0.6 is 11.3 Å². The minimum absolute atomic E-state index is 0.815. The van der Waals surface area contributed by atoms with Crippen molar-refractivity contribution in [3.05, 3.63) is 17.0 Å². The minimum Gasteiger partial charge on any atom is -0.298 e. The predicted molar refractivity (Wildman–Crippen MR) is 37.9 cm³/mol. The molecule has 1 aromatic rings. The molecule has 0 aliphatic carbocycles. The Bertz CT molecular complexity index is 194. The molecule has 1 nitrogen and oxygen atoms in total. The Morgan fingerprint density at radius 3 is 2.75 bits per heavy atom. The Hall–Kier alpha value is -0.565. The smallest absolute Gasteiger partial charge is 0.153 e. The van der Waals surface area contributed by atoms with E-state index in [1.165, 1.54) is 0 Å². The number of aldehydes is 1. The van der Waals surface area contributed by atoms with Crippen LogP contribution in [0, 0.1) is 0 Å². The zero-order valence-corrected chi connectivity index (χ0v) is 5.37. The van der Waals surface area contributed by atoms with Crippen LogP contribution in [-0.4, -0.2) is 14.1 Å². The zero-order chi connectivity index (χ0) is 5.98. The van der Waals surface area contributed by atoms with Gasteiger partial charge in [-0.25, -0.2) is 0 Å².